The summed E-state index contributed by atoms with van der Waals surface area (Å²) in [6, 6.07) is -0.000509. The van der Waals surface area contributed by atoms with Crippen LogP contribution >= 0.6 is 11.8 Å². The van der Waals surface area contributed by atoms with Crippen molar-refractivity contribution in [2.24, 2.45) is 0 Å². The second kappa shape index (κ2) is 6.53. The molecule has 0 aliphatic heterocycles. The van der Waals surface area contributed by atoms with Crippen molar-refractivity contribution in [3.05, 3.63) is 0 Å². The molecule has 0 heterocycles. The highest BCUT2D eigenvalue weighted by Crippen LogP contribution is 2.19. The van der Waals surface area contributed by atoms with Gasteiger partial charge in [0.1, 0.15) is 0 Å². The molecule has 0 aliphatic carbocycles. The number of rotatable bonds is 6. The number of hydrogen-bond donors (Lipinski definition) is 2. The van der Waals surface area contributed by atoms with Gasteiger partial charge in [-0.3, -0.25) is 0 Å². The first-order chi connectivity index (χ1) is 6.38. The lowest BCUT2D eigenvalue weighted by atomic mass is 10.2. The van der Waals surface area contributed by atoms with Gasteiger partial charge in [0.25, 0.3) is 0 Å². The molecule has 0 saturated carbocycles. The zero-order chi connectivity index (χ0) is 11.2. The van der Waals surface area contributed by atoms with Crippen LogP contribution < -0.4 is 5.32 Å². The number of alkyl halides is 3. The number of halogens is 3. The Morgan fingerprint density at radius 1 is 1.43 bits per heavy atom. The molecule has 0 aromatic rings. The molecule has 0 saturated heterocycles. The van der Waals surface area contributed by atoms with E-state index in [4.69, 9.17) is 5.11 Å². The lowest BCUT2D eigenvalue weighted by molar-refractivity contribution is -0.202. The molecule has 2 atom stereocenters. The van der Waals surface area contributed by atoms with Gasteiger partial charge in [0, 0.05) is 12.6 Å². The van der Waals surface area contributed by atoms with Crippen LogP contribution in [0.3, 0.4) is 0 Å². The summed E-state index contributed by atoms with van der Waals surface area (Å²) in [5.41, 5.74) is 0. The Kier molecular flexibility index (Phi) is 6.55. The van der Waals surface area contributed by atoms with E-state index in [1.54, 1.807) is 18.7 Å². The van der Waals surface area contributed by atoms with E-state index in [1.165, 1.54) is 0 Å². The van der Waals surface area contributed by atoms with Gasteiger partial charge in [0.2, 0.25) is 0 Å². The van der Waals surface area contributed by atoms with Crippen LogP contribution in [0.25, 0.3) is 0 Å². The predicted octanol–water partition coefficient (Wildman–Crippen LogP) is 1.64. The Morgan fingerprint density at radius 3 is 2.43 bits per heavy atom. The van der Waals surface area contributed by atoms with Crippen LogP contribution in [0.15, 0.2) is 0 Å². The standard InChI is InChI=1S/C8H16F3NOS/c1-6(3-4-14-2)12-5-7(13)8(9,10)11/h6-7,12-13H,3-5H2,1-2H3. The van der Waals surface area contributed by atoms with Crippen molar-refractivity contribution >= 4 is 11.8 Å². The Bertz CT molecular complexity index is 154. The highest BCUT2D eigenvalue weighted by Gasteiger charge is 2.37. The molecule has 14 heavy (non-hydrogen) atoms. The fourth-order valence-corrected chi connectivity index (χ4v) is 1.41. The van der Waals surface area contributed by atoms with E-state index in [9.17, 15) is 13.2 Å². The van der Waals surface area contributed by atoms with E-state index in [2.05, 4.69) is 5.32 Å². The lowest BCUT2D eigenvalue weighted by Gasteiger charge is -2.18. The second-order valence-electron chi connectivity index (χ2n) is 3.15. The summed E-state index contributed by atoms with van der Waals surface area (Å²) in [5, 5.41) is 11.3. The Morgan fingerprint density at radius 2 is 2.00 bits per heavy atom. The molecule has 0 spiro atoms. The minimum Gasteiger partial charge on any atom is -0.382 e. The fraction of sp³-hybridized carbons (Fsp3) is 1.00. The molecule has 0 rings (SSSR count). The molecular formula is C8H16F3NOS. The normalized spacial score (nSPS) is 16.7. The number of aliphatic hydroxyl groups excluding tert-OH is 1. The van der Waals surface area contributed by atoms with Gasteiger partial charge in [-0.15, -0.1) is 0 Å². The van der Waals surface area contributed by atoms with Crippen LogP contribution in [-0.2, 0) is 0 Å². The third kappa shape index (κ3) is 6.50. The first-order valence-corrected chi connectivity index (χ1v) is 5.74. The maximum atomic E-state index is 11.9. The minimum atomic E-state index is -4.52. The molecule has 0 aromatic heterocycles. The number of thioether (sulfide) groups is 1. The van der Waals surface area contributed by atoms with Gasteiger partial charge in [0.15, 0.2) is 6.10 Å². The fourth-order valence-electron chi connectivity index (χ4n) is 0.825. The third-order valence-corrected chi connectivity index (χ3v) is 2.44. The summed E-state index contributed by atoms with van der Waals surface area (Å²) < 4.78 is 35.6. The zero-order valence-corrected chi connectivity index (χ0v) is 9.08. The van der Waals surface area contributed by atoms with Crippen molar-refractivity contribution in [1.82, 2.24) is 5.32 Å². The van der Waals surface area contributed by atoms with Crippen LogP contribution in [0.4, 0.5) is 13.2 Å². The number of nitrogens with one attached hydrogen (secondary N) is 1. The van der Waals surface area contributed by atoms with Crippen molar-refractivity contribution in [3.8, 4) is 0 Å². The number of hydrogen-bond acceptors (Lipinski definition) is 3. The summed E-state index contributed by atoms with van der Waals surface area (Å²) in [7, 11) is 0. The van der Waals surface area contributed by atoms with Gasteiger partial charge >= 0.3 is 6.18 Å². The first kappa shape index (κ1) is 14.1. The van der Waals surface area contributed by atoms with E-state index in [0.717, 1.165) is 12.2 Å². The summed E-state index contributed by atoms with van der Waals surface area (Å²) in [6.45, 7) is 1.37. The topological polar surface area (TPSA) is 32.3 Å². The monoisotopic (exact) mass is 231 g/mol. The van der Waals surface area contributed by atoms with Gasteiger partial charge in [-0.05, 0) is 25.4 Å². The van der Waals surface area contributed by atoms with Crippen molar-refractivity contribution in [3.63, 3.8) is 0 Å². The average molecular weight is 231 g/mol. The Labute approximate surface area is 86.3 Å². The van der Waals surface area contributed by atoms with Crippen LogP contribution in [-0.4, -0.2) is 42.0 Å². The molecule has 0 fully saturated rings. The maximum Gasteiger partial charge on any atom is 0.415 e. The van der Waals surface area contributed by atoms with Crippen molar-refractivity contribution in [1.29, 1.82) is 0 Å². The summed E-state index contributed by atoms with van der Waals surface area (Å²) in [4.78, 5) is 0. The maximum absolute atomic E-state index is 11.9. The average Bonchev–Trinajstić information content (AvgIpc) is 2.09. The largest absolute Gasteiger partial charge is 0.415 e. The van der Waals surface area contributed by atoms with Crippen LogP contribution in [0.1, 0.15) is 13.3 Å². The first-order valence-electron chi connectivity index (χ1n) is 4.35. The predicted molar refractivity (Wildman–Crippen MR) is 52.5 cm³/mol. The molecule has 86 valence electrons. The molecule has 0 amide bonds. The molecule has 0 bridgehead atoms. The zero-order valence-electron chi connectivity index (χ0n) is 8.27. The van der Waals surface area contributed by atoms with E-state index in [1.807, 2.05) is 6.26 Å². The van der Waals surface area contributed by atoms with Crippen molar-refractivity contribution < 1.29 is 18.3 Å². The number of aliphatic hydroxyl groups is 1. The third-order valence-electron chi connectivity index (χ3n) is 1.79. The summed E-state index contributed by atoms with van der Waals surface area (Å²) in [5.74, 6) is 0.899. The minimum absolute atomic E-state index is 0.000509. The molecule has 0 aromatic carbocycles. The summed E-state index contributed by atoms with van der Waals surface area (Å²) in [6.07, 6.45) is -4.05. The Hall–Kier alpha value is 0.0600. The molecular weight excluding hydrogens is 215 g/mol. The van der Waals surface area contributed by atoms with Crippen LogP contribution in [0.2, 0.25) is 0 Å². The van der Waals surface area contributed by atoms with Gasteiger partial charge < -0.3 is 10.4 Å². The summed E-state index contributed by atoms with van der Waals surface area (Å²) >= 11 is 1.65. The molecule has 2 N–H and O–H groups in total. The van der Waals surface area contributed by atoms with E-state index >= 15 is 0 Å². The molecule has 0 radical (unpaired) electrons. The van der Waals surface area contributed by atoms with E-state index < -0.39 is 18.8 Å². The van der Waals surface area contributed by atoms with Gasteiger partial charge in [-0.1, -0.05) is 0 Å². The van der Waals surface area contributed by atoms with Gasteiger partial charge in [-0.2, -0.15) is 24.9 Å². The lowest BCUT2D eigenvalue weighted by Crippen LogP contribution is -2.41. The smallest absolute Gasteiger partial charge is 0.382 e. The SMILES string of the molecule is CSCCC(C)NCC(O)C(F)(F)F. The molecule has 0 aliphatic rings. The van der Waals surface area contributed by atoms with Crippen LogP contribution in [0, 0.1) is 0 Å². The Balaban J connectivity index is 3.61. The highest BCUT2D eigenvalue weighted by atomic mass is 32.2. The quantitative estimate of drug-likeness (QED) is 0.729. The highest BCUT2D eigenvalue weighted by molar-refractivity contribution is 7.98. The van der Waals surface area contributed by atoms with Crippen LogP contribution in [0.5, 0.6) is 0 Å². The molecule has 6 heteroatoms. The molecule has 2 unspecified atom stereocenters. The van der Waals surface area contributed by atoms with E-state index in [-0.39, 0.29) is 6.04 Å². The van der Waals surface area contributed by atoms with Gasteiger partial charge in [-0.25, -0.2) is 0 Å². The van der Waals surface area contributed by atoms with Crippen molar-refractivity contribution in [2.45, 2.75) is 31.7 Å². The second-order valence-corrected chi connectivity index (χ2v) is 4.13. The van der Waals surface area contributed by atoms with Gasteiger partial charge in [0.05, 0.1) is 0 Å². The molecule has 2 nitrogen and oxygen atoms in total. The van der Waals surface area contributed by atoms with Crippen molar-refractivity contribution in [2.75, 3.05) is 18.6 Å². The van der Waals surface area contributed by atoms with E-state index in [0.29, 0.717) is 0 Å².